The SMILES string of the molecule is CC(SS)C(O)(O)O. The molecule has 0 rings (SSSR count). The number of aliphatic hydroxyl groups is 3. The minimum Gasteiger partial charge on any atom is -0.343 e. The Kier molecular flexibility index (Phi) is 3.14. The molecule has 0 saturated heterocycles. The summed E-state index contributed by atoms with van der Waals surface area (Å²) in [7, 11) is 0.876. The van der Waals surface area contributed by atoms with E-state index >= 15 is 0 Å². The average Bonchev–Trinajstić information content (AvgIpc) is 1.62. The van der Waals surface area contributed by atoms with Gasteiger partial charge in [-0.3, -0.25) is 0 Å². The van der Waals surface area contributed by atoms with Gasteiger partial charge in [0.15, 0.2) is 0 Å². The van der Waals surface area contributed by atoms with Crippen molar-refractivity contribution in [2.75, 3.05) is 0 Å². The van der Waals surface area contributed by atoms with Gasteiger partial charge in [-0.1, -0.05) is 10.8 Å². The maximum Gasteiger partial charge on any atom is 0.288 e. The monoisotopic (exact) mass is 156 g/mol. The zero-order valence-electron chi connectivity index (χ0n) is 4.27. The zero-order valence-corrected chi connectivity index (χ0v) is 5.99. The third-order valence-electron chi connectivity index (χ3n) is 0.704. The van der Waals surface area contributed by atoms with Gasteiger partial charge in [-0.15, -0.1) is 11.7 Å². The molecule has 0 bridgehead atoms. The molecule has 0 aromatic carbocycles. The first-order valence-corrected chi connectivity index (χ1v) is 3.89. The fraction of sp³-hybridized carbons (Fsp3) is 1.00. The van der Waals surface area contributed by atoms with Crippen LogP contribution in [0.25, 0.3) is 0 Å². The van der Waals surface area contributed by atoms with E-state index in [9.17, 15) is 0 Å². The Bertz CT molecular complexity index is 69.4. The van der Waals surface area contributed by atoms with E-state index in [0.29, 0.717) is 0 Å². The maximum atomic E-state index is 8.33. The van der Waals surface area contributed by atoms with Gasteiger partial charge in [0.2, 0.25) is 0 Å². The molecule has 5 heteroatoms. The van der Waals surface area contributed by atoms with Crippen molar-refractivity contribution in [1.82, 2.24) is 0 Å². The number of thiol groups is 1. The lowest BCUT2D eigenvalue weighted by atomic mass is 10.4. The average molecular weight is 156 g/mol. The Balaban J connectivity index is 3.62. The molecule has 3 nitrogen and oxygen atoms in total. The van der Waals surface area contributed by atoms with Crippen molar-refractivity contribution in [1.29, 1.82) is 0 Å². The summed E-state index contributed by atoms with van der Waals surface area (Å²) >= 11 is 3.65. The molecule has 1 unspecified atom stereocenters. The second kappa shape index (κ2) is 2.93. The van der Waals surface area contributed by atoms with Gasteiger partial charge in [-0.25, -0.2) is 0 Å². The summed E-state index contributed by atoms with van der Waals surface area (Å²) in [6.45, 7) is 1.44. The summed E-state index contributed by atoms with van der Waals surface area (Å²) in [5.74, 6) is -2.60. The normalized spacial score (nSPS) is 16.1. The largest absolute Gasteiger partial charge is 0.343 e. The molecule has 0 fully saturated rings. The van der Waals surface area contributed by atoms with Crippen LogP contribution in [0.5, 0.6) is 0 Å². The Morgan fingerprint density at radius 1 is 1.50 bits per heavy atom. The van der Waals surface area contributed by atoms with Crippen molar-refractivity contribution in [3.05, 3.63) is 0 Å². The molecule has 0 radical (unpaired) electrons. The van der Waals surface area contributed by atoms with Crippen molar-refractivity contribution in [2.24, 2.45) is 0 Å². The molecular weight excluding hydrogens is 148 g/mol. The summed E-state index contributed by atoms with van der Waals surface area (Å²) in [5.41, 5.74) is 0. The van der Waals surface area contributed by atoms with E-state index in [0.717, 1.165) is 10.8 Å². The van der Waals surface area contributed by atoms with E-state index in [2.05, 4.69) is 11.7 Å². The van der Waals surface area contributed by atoms with Gasteiger partial charge in [0.1, 0.15) is 0 Å². The minimum atomic E-state index is -2.60. The van der Waals surface area contributed by atoms with Crippen LogP contribution < -0.4 is 0 Å². The summed E-state index contributed by atoms with van der Waals surface area (Å²) in [6, 6.07) is 0. The maximum absolute atomic E-state index is 8.33. The second-order valence-corrected chi connectivity index (χ2v) is 2.99. The third kappa shape index (κ3) is 2.78. The van der Waals surface area contributed by atoms with Crippen molar-refractivity contribution in [2.45, 2.75) is 18.1 Å². The summed E-state index contributed by atoms with van der Waals surface area (Å²) in [4.78, 5) is 0. The molecule has 1 atom stereocenters. The quantitative estimate of drug-likeness (QED) is 0.249. The lowest BCUT2D eigenvalue weighted by molar-refractivity contribution is -0.307. The highest BCUT2D eigenvalue weighted by molar-refractivity contribution is 8.68. The minimum absolute atomic E-state index is 0.703. The Hall–Kier alpha value is 0.580. The van der Waals surface area contributed by atoms with E-state index in [1.54, 1.807) is 0 Å². The summed E-state index contributed by atoms with van der Waals surface area (Å²) < 4.78 is 0. The van der Waals surface area contributed by atoms with Gasteiger partial charge >= 0.3 is 0 Å². The number of hydrogen-bond acceptors (Lipinski definition) is 5. The molecule has 3 N–H and O–H groups in total. The molecule has 0 aromatic rings. The fourth-order valence-electron chi connectivity index (χ4n) is 0.0707. The molecule has 0 aromatic heterocycles. The van der Waals surface area contributed by atoms with Crippen molar-refractivity contribution in [3.8, 4) is 0 Å². The predicted octanol–water partition coefficient (Wildman–Crippen LogP) is -0.416. The smallest absolute Gasteiger partial charge is 0.288 e. The highest BCUT2D eigenvalue weighted by Crippen LogP contribution is 2.21. The van der Waals surface area contributed by atoms with Crippen molar-refractivity contribution < 1.29 is 15.3 Å². The highest BCUT2D eigenvalue weighted by Gasteiger charge is 2.27. The van der Waals surface area contributed by atoms with Gasteiger partial charge in [0.05, 0.1) is 5.25 Å². The molecule has 8 heavy (non-hydrogen) atoms. The van der Waals surface area contributed by atoms with Crippen LogP contribution in [0.15, 0.2) is 0 Å². The number of hydrogen-bond donors (Lipinski definition) is 4. The second-order valence-electron chi connectivity index (χ2n) is 1.43. The van der Waals surface area contributed by atoms with E-state index < -0.39 is 11.2 Å². The van der Waals surface area contributed by atoms with Gasteiger partial charge in [0, 0.05) is 0 Å². The fourth-order valence-corrected chi connectivity index (χ4v) is 0.636. The molecule has 0 saturated carbocycles. The Morgan fingerprint density at radius 3 is 1.88 bits per heavy atom. The van der Waals surface area contributed by atoms with Gasteiger partial charge in [0.25, 0.3) is 5.97 Å². The van der Waals surface area contributed by atoms with E-state index in [-0.39, 0.29) is 0 Å². The van der Waals surface area contributed by atoms with Crippen molar-refractivity contribution in [3.63, 3.8) is 0 Å². The van der Waals surface area contributed by atoms with Crippen LogP contribution in [0.2, 0.25) is 0 Å². The molecule has 0 amide bonds. The first kappa shape index (κ1) is 8.58. The topological polar surface area (TPSA) is 60.7 Å². The molecule has 0 aliphatic rings. The van der Waals surface area contributed by atoms with Crippen LogP contribution in [0.3, 0.4) is 0 Å². The molecular formula is C3H8O3S2. The van der Waals surface area contributed by atoms with E-state index in [1.165, 1.54) is 6.92 Å². The molecule has 0 spiro atoms. The lowest BCUT2D eigenvalue weighted by Gasteiger charge is -2.18. The summed E-state index contributed by atoms with van der Waals surface area (Å²) in [5, 5.41) is 24.3. The standard InChI is InChI=1S/C3H8O3S2/c1-2(8-7)3(4,5)6/h2,4-7H,1H3. The lowest BCUT2D eigenvalue weighted by Crippen LogP contribution is -2.37. The van der Waals surface area contributed by atoms with Crippen molar-refractivity contribution >= 4 is 22.5 Å². The van der Waals surface area contributed by atoms with E-state index in [4.69, 9.17) is 15.3 Å². The Labute approximate surface area is 56.5 Å². The van der Waals surface area contributed by atoms with Crippen LogP contribution in [-0.2, 0) is 0 Å². The first-order valence-electron chi connectivity index (χ1n) is 1.96. The summed E-state index contributed by atoms with van der Waals surface area (Å²) in [6.07, 6.45) is 0. The third-order valence-corrected chi connectivity index (χ3v) is 2.28. The zero-order chi connectivity index (χ0) is 6.78. The van der Waals surface area contributed by atoms with Crippen LogP contribution in [-0.4, -0.2) is 26.5 Å². The van der Waals surface area contributed by atoms with Crippen LogP contribution in [0.1, 0.15) is 6.92 Å². The van der Waals surface area contributed by atoms with Gasteiger partial charge < -0.3 is 15.3 Å². The molecule has 0 aliphatic carbocycles. The molecule has 0 aliphatic heterocycles. The molecule has 0 heterocycles. The van der Waals surface area contributed by atoms with Crippen LogP contribution >= 0.6 is 22.5 Å². The first-order chi connectivity index (χ1) is 3.48. The van der Waals surface area contributed by atoms with Gasteiger partial charge in [-0.05, 0) is 6.92 Å². The predicted molar refractivity (Wildman–Crippen MR) is 35.4 cm³/mol. The highest BCUT2D eigenvalue weighted by atomic mass is 33.1. The van der Waals surface area contributed by atoms with Crippen LogP contribution in [0, 0.1) is 0 Å². The van der Waals surface area contributed by atoms with Crippen LogP contribution in [0.4, 0.5) is 0 Å². The Morgan fingerprint density at radius 2 is 1.88 bits per heavy atom. The molecule has 50 valence electrons. The van der Waals surface area contributed by atoms with Gasteiger partial charge in [-0.2, -0.15) is 0 Å². The van der Waals surface area contributed by atoms with E-state index in [1.807, 2.05) is 0 Å². The number of rotatable bonds is 2.